The number of piperidine rings is 1. The van der Waals surface area contributed by atoms with Crippen molar-refractivity contribution in [1.29, 1.82) is 0 Å². The van der Waals surface area contributed by atoms with Gasteiger partial charge in [-0.1, -0.05) is 5.16 Å². The predicted molar refractivity (Wildman–Crippen MR) is 145 cm³/mol. The molecular formula is C28H35N5O6. The van der Waals surface area contributed by atoms with Gasteiger partial charge in [-0.05, 0) is 75.6 Å². The van der Waals surface area contributed by atoms with Gasteiger partial charge in [0, 0.05) is 49.6 Å². The minimum atomic E-state index is -1.26. The Labute approximate surface area is 226 Å². The van der Waals surface area contributed by atoms with E-state index in [4.69, 9.17) is 19.5 Å². The van der Waals surface area contributed by atoms with E-state index < -0.39 is 11.9 Å². The molecule has 5 rings (SSSR count). The van der Waals surface area contributed by atoms with E-state index in [-0.39, 0.29) is 0 Å². The highest BCUT2D eigenvalue weighted by Crippen LogP contribution is 2.34. The maximum Gasteiger partial charge on any atom is 0.328 e. The fourth-order valence-electron chi connectivity index (χ4n) is 4.60. The number of fused-ring (bicyclic) bond motifs is 1. The van der Waals surface area contributed by atoms with Gasteiger partial charge in [0.1, 0.15) is 5.75 Å². The summed E-state index contributed by atoms with van der Waals surface area (Å²) in [5.74, 6) is 0.680. The molecule has 1 aromatic carbocycles. The van der Waals surface area contributed by atoms with Crippen molar-refractivity contribution in [3.8, 4) is 5.75 Å². The van der Waals surface area contributed by atoms with Crippen LogP contribution in [0.3, 0.4) is 0 Å². The summed E-state index contributed by atoms with van der Waals surface area (Å²) < 4.78 is 11.9. The number of hydrogen-bond donors (Lipinski definition) is 3. The molecule has 2 aromatic heterocycles. The lowest BCUT2D eigenvalue weighted by Gasteiger charge is -2.31. The molecule has 11 nitrogen and oxygen atoms in total. The Balaban J connectivity index is 0.000000386. The van der Waals surface area contributed by atoms with Crippen LogP contribution in [-0.2, 0) is 22.6 Å². The number of carboxylic acid groups (broad SMARTS) is 2. The first kappa shape index (κ1) is 28.0. The summed E-state index contributed by atoms with van der Waals surface area (Å²) in [5, 5.41) is 24.4. The van der Waals surface area contributed by atoms with Gasteiger partial charge in [0.25, 0.3) is 0 Å². The van der Waals surface area contributed by atoms with Crippen molar-refractivity contribution >= 4 is 28.9 Å². The molecule has 2 aliphatic rings. The third-order valence-electron chi connectivity index (χ3n) is 6.91. The van der Waals surface area contributed by atoms with E-state index in [0.29, 0.717) is 24.6 Å². The van der Waals surface area contributed by atoms with Crippen molar-refractivity contribution in [1.82, 2.24) is 20.4 Å². The number of anilines is 1. The van der Waals surface area contributed by atoms with Crippen molar-refractivity contribution in [2.75, 3.05) is 31.6 Å². The Hall–Kier alpha value is -3.99. The molecule has 0 unspecified atom stereocenters. The highest BCUT2D eigenvalue weighted by molar-refractivity contribution is 5.89. The van der Waals surface area contributed by atoms with Crippen LogP contribution >= 0.6 is 0 Å². The molecule has 1 saturated carbocycles. The van der Waals surface area contributed by atoms with E-state index >= 15 is 0 Å². The molecule has 0 spiro atoms. The Bertz CT molecular complexity index is 1250. The zero-order valence-electron chi connectivity index (χ0n) is 22.1. The number of nitrogens with one attached hydrogen (secondary N) is 1. The highest BCUT2D eigenvalue weighted by atomic mass is 16.5. The molecule has 3 aromatic rings. The van der Waals surface area contributed by atoms with E-state index in [0.717, 1.165) is 85.2 Å². The zero-order valence-corrected chi connectivity index (χ0v) is 22.1. The molecule has 1 saturated heterocycles. The largest absolute Gasteiger partial charge is 0.493 e. The van der Waals surface area contributed by atoms with Crippen LogP contribution in [0.5, 0.6) is 5.75 Å². The van der Waals surface area contributed by atoms with Crippen molar-refractivity contribution in [2.24, 2.45) is 11.8 Å². The number of aliphatic carboxylic acids is 2. The van der Waals surface area contributed by atoms with Crippen molar-refractivity contribution in [2.45, 2.75) is 45.1 Å². The highest BCUT2D eigenvalue weighted by Gasteiger charge is 2.24. The second kappa shape index (κ2) is 13.7. The molecule has 1 aliphatic carbocycles. The second-order valence-electron chi connectivity index (χ2n) is 9.86. The van der Waals surface area contributed by atoms with Crippen molar-refractivity contribution in [3.05, 3.63) is 54.0 Å². The van der Waals surface area contributed by atoms with Crippen LogP contribution in [0.25, 0.3) is 11.0 Å². The van der Waals surface area contributed by atoms with Crippen LogP contribution in [0, 0.1) is 11.8 Å². The van der Waals surface area contributed by atoms with Crippen LogP contribution < -0.4 is 15.0 Å². The monoisotopic (exact) mass is 537 g/mol. The number of aryl methyl sites for hydroxylation is 1. The van der Waals surface area contributed by atoms with E-state index in [9.17, 15) is 9.59 Å². The van der Waals surface area contributed by atoms with E-state index in [1.807, 2.05) is 25.5 Å². The fraction of sp³-hybridized carbons (Fsp3) is 0.464. The molecule has 3 N–H and O–H groups in total. The predicted octanol–water partition coefficient (Wildman–Crippen LogP) is 3.69. The number of ether oxygens (including phenoxy) is 1. The SMILES string of the molecule is CNCc1c(OCC2CC2)ccc2c(CCC3CCN(c4ncccn4)CC3)noc12.O=C(O)C=CC(=O)O. The van der Waals surface area contributed by atoms with Gasteiger partial charge in [-0.15, -0.1) is 0 Å². The Morgan fingerprint density at radius 3 is 2.38 bits per heavy atom. The minimum absolute atomic E-state index is 0.558. The van der Waals surface area contributed by atoms with E-state index in [1.165, 1.54) is 12.8 Å². The van der Waals surface area contributed by atoms with Gasteiger partial charge in [0.15, 0.2) is 5.58 Å². The summed E-state index contributed by atoms with van der Waals surface area (Å²) in [4.78, 5) is 30.2. The number of aromatic nitrogens is 3. The fourth-order valence-corrected chi connectivity index (χ4v) is 4.60. The Morgan fingerprint density at radius 1 is 1.08 bits per heavy atom. The maximum atomic E-state index is 9.55. The van der Waals surface area contributed by atoms with Crippen LogP contribution in [0.4, 0.5) is 5.95 Å². The van der Waals surface area contributed by atoms with Gasteiger partial charge in [0.2, 0.25) is 5.95 Å². The van der Waals surface area contributed by atoms with Gasteiger partial charge in [-0.2, -0.15) is 0 Å². The second-order valence-corrected chi connectivity index (χ2v) is 9.86. The van der Waals surface area contributed by atoms with Gasteiger partial charge in [-0.3, -0.25) is 0 Å². The van der Waals surface area contributed by atoms with Crippen LogP contribution in [-0.4, -0.2) is 64.0 Å². The van der Waals surface area contributed by atoms with Crippen LogP contribution in [0.1, 0.15) is 43.4 Å². The summed E-state index contributed by atoms with van der Waals surface area (Å²) in [6.07, 6.45) is 11.7. The molecule has 2 fully saturated rings. The summed E-state index contributed by atoms with van der Waals surface area (Å²) in [6, 6.07) is 6.08. The number of benzene rings is 1. The number of nitrogens with zero attached hydrogens (tertiary/aromatic N) is 4. The van der Waals surface area contributed by atoms with Crippen LogP contribution in [0.15, 0.2) is 47.3 Å². The third kappa shape index (κ3) is 8.25. The lowest BCUT2D eigenvalue weighted by Crippen LogP contribution is -2.34. The first-order valence-corrected chi connectivity index (χ1v) is 13.3. The number of hydrogen-bond acceptors (Lipinski definition) is 9. The first-order chi connectivity index (χ1) is 18.9. The molecule has 0 amide bonds. The summed E-state index contributed by atoms with van der Waals surface area (Å²) >= 11 is 0. The average Bonchev–Trinajstić information content (AvgIpc) is 3.69. The molecular weight excluding hydrogens is 502 g/mol. The van der Waals surface area contributed by atoms with Gasteiger partial charge < -0.3 is 29.7 Å². The number of rotatable bonds is 11. The third-order valence-corrected chi connectivity index (χ3v) is 6.91. The van der Waals surface area contributed by atoms with E-state index in [2.05, 4.69) is 37.5 Å². The zero-order chi connectivity index (χ0) is 27.6. The normalized spacial score (nSPS) is 15.8. The molecule has 0 bridgehead atoms. The molecule has 208 valence electrons. The van der Waals surface area contributed by atoms with Crippen molar-refractivity contribution in [3.63, 3.8) is 0 Å². The molecule has 0 atom stereocenters. The number of carbonyl (C=O) groups is 2. The van der Waals surface area contributed by atoms with Gasteiger partial charge in [-0.25, -0.2) is 19.6 Å². The molecule has 3 heterocycles. The summed E-state index contributed by atoms with van der Waals surface area (Å²) in [6.45, 7) is 3.55. The average molecular weight is 538 g/mol. The lowest BCUT2D eigenvalue weighted by molar-refractivity contribution is -0.134. The first-order valence-electron chi connectivity index (χ1n) is 13.3. The topological polar surface area (TPSA) is 151 Å². The van der Waals surface area contributed by atoms with Crippen molar-refractivity contribution < 1.29 is 29.1 Å². The Kier molecular flexibility index (Phi) is 9.85. The molecule has 1 aliphatic heterocycles. The molecule has 11 heteroatoms. The molecule has 0 radical (unpaired) electrons. The quantitative estimate of drug-likeness (QED) is 0.307. The number of carboxylic acids is 2. The molecule has 39 heavy (non-hydrogen) atoms. The lowest BCUT2D eigenvalue weighted by atomic mass is 9.91. The summed E-state index contributed by atoms with van der Waals surface area (Å²) in [7, 11) is 1.95. The van der Waals surface area contributed by atoms with Gasteiger partial charge in [0.05, 0.1) is 17.9 Å². The van der Waals surface area contributed by atoms with Crippen LogP contribution in [0.2, 0.25) is 0 Å². The smallest absolute Gasteiger partial charge is 0.328 e. The summed E-state index contributed by atoms with van der Waals surface area (Å²) in [5.41, 5.74) is 3.01. The van der Waals surface area contributed by atoms with Gasteiger partial charge >= 0.3 is 11.9 Å². The van der Waals surface area contributed by atoms with E-state index in [1.54, 1.807) is 0 Å². The Morgan fingerprint density at radius 2 is 1.77 bits per heavy atom. The maximum absolute atomic E-state index is 9.55. The standard InChI is InChI=1S/C24H31N5O2.C4H4O4/c1-25-15-20-22(30-16-18-3-4-18)8-6-19-21(28-31-23(19)20)7-5-17-9-13-29(14-10-17)24-26-11-2-12-27-24;5-3(6)1-2-4(7)8/h2,6,8,11-12,17-18,25H,3-5,7,9-10,13-16H2,1H3;1-2H,(H,5,6)(H,7,8). The minimum Gasteiger partial charge on any atom is -0.493 e.